The summed E-state index contributed by atoms with van der Waals surface area (Å²) in [6.07, 6.45) is 0. The topological polar surface area (TPSA) is 104 Å². The minimum Gasteiger partial charge on any atom is -0.383 e. The van der Waals surface area contributed by atoms with Gasteiger partial charge in [0.05, 0.1) is 17.1 Å². The van der Waals surface area contributed by atoms with Crippen molar-refractivity contribution in [2.75, 3.05) is 5.73 Å². The van der Waals surface area contributed by atoms with Crippen LogP contribution < -0.4 is 5.73 Å². The van der Waals surface area contributed by atoms with Crippen LogP contribution in [0, 0.1) is 28.5 Å². The fraction of sp³-hybridized carbons (Fsp3) is 0. The number of nitriles is 2. The SMILES string of the molecule is N#Cc1c(-c2ccccc2)cc(-c2nn(-c3ccc(F)cc3)c(-c3ccccc3)c2C#N)nc1N. The first-order valence-corrected chi connectivity index (χ1v) is 10.7. The van der Waals surface area contributed by atoms with E-state index in [9.17, 15) is 14.9 Å². The Morgan fingerprint density at radius 3 is 1.97 bits per heavy atom. The molecule has 166 valence electrons. The number of nitrogens with two attached hydrogens (primary N) is 1. The smallest absolute Gasteiger partial charge is 0.142 e. The van der Waals surface area contributed by atoms with Crippen molar-refractivity contribution in [3.05, 3.63) is 108 Å². The van der Waals surface area contributed by atoms with Gasteiger partial charge in [-0.3, -0.25) is 0 Å². The van der Waals surface area contributed by atoms with Crippen LogP contribution in [0.4, 0.5) is 10.2 Å². The lowest BCUT2D eigenvalue weighted by Gasteiger charge is -2.09. The average molecular weight is 456 g/mol. The van der Waals surface area contributed by atoms with Crippen LogP contribution in [0.2, 0.25) is 0 Å². The summed E-state index contributed by atoms with van der Waals surface area (Å²) in [5, 5.41) is 24.7. The molecule has 2 N–H and O–H groups in total. The molecule has 0 atom stereocenters. The standard InChI is InChI=1S/C28H17FN6/c29-20-11-13-21(14-12-20)35-27(19-9-5-2-6-10-19)24(17-31)26(34-35)25-15-22(18-7-3-1-4-8-18)23(16-30)28(32)33-25/h1-15H,(H2,32,33). The molecule has 5 rings (SSSR count). The number of nitrogen functional groups attached to an aromatic ring is 1. The Hall–Kier alpha value is -5.27. The molecule has 2 heterocycles. The lowest BCUT2D eigenvalue weighted by Crippen LogP contribution is -2.01. The van der Waals surface area contributed by atoms with E-state index in [1.54, 1.807) is 22.9 Å². The fourth-order valence-electron chi connectivity index (χ4n) is 3.98. The van der Waals surface area contributed by atoms with Crippen molar-refractivity contribution in [1.29, 1.82) is 10.5 Å². The highest BCUT2D eigenvalue weighted by atomic mass is 19.1. The zero-order valence-corrected chi connectivity index (χ0v) is 18.4. The molecular weight excluding hydrogens is 439 g/mol. The minimum absolute atomic E-state index is 0.0466. The van der Waals surface area contributed by atoms with Crippen molar-refractivity contribution >= 4 is 5.82 Å². The first-order chi connectivity index (χ1) is 17.1. The van der Waals surface area contributed by atoms with Gasteiger partial charge in [-0.05, 0) is 35.9 Å². The third-order valence-electron chi connectivity index (χ3n) is 5.60. The third kappa shape index (κ3) is 3.88. The number of rotatable bonds is 4. The highest BCUT2D eigenvalue weighted by molar-refractivity contribution is 5.83. The highest BCUT2D eigenvalue weighted by Gasteiger charge is 2.24. The van der Waals surface area contributed by atoms with E-state index in [-0.39, 0.29) is 22.8 Å². The molecule has 0 aliphatic heterocycles. The molecule has 0 spiro atoms. The highest BCUT2D eigenvalue weighted by Crippen LogP contribution is 2.36. The van der Waals surface area contributed by atoms with Crippen LogP contribution >= 0.6 is 0 Å². The molecule has 0 saturated heterocycles. The van der Waals surface area contributed by atoms with Crippen LogP contribution in [0.3, 0.4) is 0 Å². The van der Waals surface area contributed by atoms with Crippen LogP contribution in [0.1, 0.15) is 11.1 Å². The van der Waals surface area contributed by atoms with Crippen molar-refractivity contribution in [1.82, 2.24) is 14.8 Å². The molecule has 0 saturated carbocycles. The van der Waals surface area contributed by atoms with Crippen molar-refractivity contribution in [2.45, 2.75) is 0 Å². The Balaban J connectivity index is 1.81. The summed E-state index contributed by atoms with van der Waals surface area (Å²) < 4.78 is 15.2. The molecule has 0 fully saturated rings. The van der Waals surface area contributed by atoms with Gasteiger partial charge in [-0.1, -0.05) is 60.7 Å². The van der Waals surface area contributed by atoms with Gasteiger partial charge in [-0.15, -0.1) is 0 Å². The van der Waals surface area contributed by atoms with Gasteiger partial charge < -0.3 is 5.73 Å². The lowest BCUT2D eigenvalue weighted by molar-refractivity contribution is 0.627. The van der Waals surface area contributed by atoms with Gasteiger partial charge in [0.15, 0.2) is 0 Å². The molecule has 3 aromatic carbocycles. The molecule has 5 aromatic rings. The monoisotopic (exact) mass is 456 g/mol. The molecular formula is C28H17FN6. The molecule has 0 radical (unpaired) electrons. The number of benzene rings is 3. The van der Waals surface area contributed by atoms with Crippen LogP contribution in [0.15, 0.2) is 91.0 Å². The summed E-state index contributed by atoms with van der Waals surface area (Å²) in [6, 6.07) is 30.7. The Bertz CT molecular complexity index is 1610. The zero-order valence-electron chi connectivity index (χ0n) is 18.4. The van der Waals surface area contributed by atoms with Crippen LogP contribution in [-0.2, 0) is 0 Å². The second kappa shape index (κ2) is 8.93. The van der Waals surface area contributed by atoms with E-state index in [0.717, 1.165) is 11.1 Å². The van der Waals surface area contributed by atoms with E-state index in [1.807, 2.05) is 60.7 Å². The second-order valence-electron chi connectivity index (χ2n) is 7.73. The first kappa shape index (κ1) is 21.6. The molecule has 7 heteroatoms. The van der Waals surface area contributed by atoms with E-state index in [0.29, 0.717) is 28.3 Å². The molecule has 0 aliphatic carbocycles. The molecule has 0 amide bonds. The van der Waals surface area contributed by atoms with E-state index < -0.39 is 0 Å². The molecule has 6 nitrogen and oxygen atoms in total. The van der Waals surface area contributed by atoms with Gasteiger partial charge in [0.2, 0.25) is 0 Å². The molecule has 0 unspecified atom stereocenters. The van der Waals surface area contributed by atoms with Crippen LogP contribution in [0.25, 0.3) is 39.5 Å². The number of nitrogens with zero attached hydrogens (tertiary/aromatic N) is 5. The second-order valence-corrected chi connectivity index (χ2v) is 7.73. The number of anilines is 1. The first-order valence-electron chi connectivity index (χ1n) is 10.7. The Morgan fingerprint density at radius 2 is 1.37 bits per heavy atom. The molecule has 0 aliphatic rings. The van der Waals surface area contributed by atoms with Gasteiger partial charge in [-0.25, -0.2) is 14.1 Å². The van der Waals surface area contributed by atoms with Gasteiger partial charge in [0.25, 0.3) is 0 Å². The number of aromatic nitrogens is 3. The van der Waals surface area contributed by atoms with Crippen molar-refractivity contribution in [2.24, 2.45) is 0 Å². The van der Waals surface area contributed by atoms with E-state index >= 15 is 0 Å². The van der Waals surface area contributed by atoms with Crippen LogP contribution in [0.5, 0.6) is 0 Å². The molecule has 0 bridgehead atoms. The summed E-state index contributed by atoms with van der Waals surface area (Å²) >= 11 is 0. The zero-order chi connectivity index (χ0) is 24.4. The lowest BCUT2D eigenvalue weighted by atomic mass is 9.98. The van der Waals surface area contributed by atoms with E-state index in [1.165, 1.54) is 12.1 Å². The van der Waals surface area contributed by atoms with Gasteiger partial charge in [0.1, 0.15) is 40.6 Å². The van der Waals surface area contributed by atoms with E-state index in [4.69, 9.17) is 10.8 Å². The minimum atomic E-state index is -0.378. The predicted molar refractivity (Wildman–Crippen MR) is 131 cm³/mol. The van der Waals surface area contributed by atoms with Crippen molar-refractivity contribution < 1.29 is 4.39 Å². The summed E-state index contributed by atoms with van der Waals surface area (Å²) in [5.74, 6) is -0.331. The number of hydrogen-bond acceptors (Lipinski definition) is 5. The predicted octanol–water partition coefficient (Wildman–Crippen LogP) is 5.73. The third-order valence-corrected chi connectivity index (χ3v) is 5.60. The number of hydrogen-bond donors (Lipinski definition) is 1. The van der Waals surface area contributed by atoms with Gasteiger partial charge in [0, 0.05) is 11.1 Å². The largest absolute Gasteiger partial charge is 0.383 e. The van der Waals surface area contributed by atoms with Crippen LogP contribution in [-0.4, -0.2) is 14.8 Å². The van der Waals surface area contributed by atoms with Gasteiger partial charge in [-0.2, -0.15) is 15.6 Å². The maximum atomic E-state index is 13.6. The quantitative estimate of drug-likeness (QED) is 0.372. The Morgan fingerprint density at radius 1 is 0.771 bits per heavy atom. The summed E-state index contributed by atoms with van der Waals surface area (Å²) in [7, 11) is 0. The summed E-state index contributed by atoms with van der Waals surface area (Å²) in [5.41, 5.74) is 10.7. The molecule has 35 heavy (non-hydrogen) atoms. The maximum absolute atomic E-state index is 13.6. The Labute approximate surface area is 201 Å². The maximum Gasteiger partial charge on any atom is 0.142 e. The fourth-order valence-corrected chi connectivity index (χ4v) is 3.98. The summed E-state index contributed by atoms with van der Waals surface area (Å²) in [4.78, 5) is 4.43. The number of pyridine rings is 1. The van der Waals surface area contributed by atoms with Gasteiger partial charge >= 0.3 is 0 Å². The number of halogens is 1. The molecule has 2 aromatic heterocycles. The van der Waals surface area contributed by atoms with Crippen molar-refractivity contribution in [3.8, 4) is 51.6 Å². The normalized spacial score (nSPS) is 10.5. The summed E-state index contributed by atoms with van der Waals surface area (Å²) in [6.45, 7) is 0. The van der Waals surface area contributed by atoms with Crippen molar-refractivity contribution in [3.63, 3.8) is 0 Å². The Kier molecular flexibility index (Phi) is 5.51. The average Bonchev–Trinajstić information content (AvgIpc) is 3.29. The van der Waals surface area contributed by atoms with E-state index in [2.05, 4.69) is 17.1 Å².